The van der Waals surface area contributed by atoms with Crippen molar-refractivity contribution in [2.24, 2.45) is 0 Å². The van der Waals surface area contributed by atoms with Gasteiger partial charge >= 0.3 is 0 Å². The molecule has 2 aromatic carbocycles. The van der Waals surface area contributed by atoms with Crippen LogP contribution in [0.2, 0.25) is 0 Å². The molecule has 0 aliphatic rings. The van der Waals surface area contributed by atoms with Crippen molar-refractivity contribution in [2.75, 3.05) is 11.9 Å². The second-order valence-electron chi connectivity index (χ2n) is 5.08. The summed E-state index contributed by atoms with van der Waals surface area (Å²) in [6.07, 6.45) is 0. The number of hydrogen-bond acceptors (Lipinski definition) is 4. The smallest absolute Gasteiger partial charge is 0.264 e. The second kappa shape index (κ2) is 7.59. The number of nitrogens with one attached hydrogen (secondary N) is 1. The van der Waals surface area contributed by atoms with E-state index >= 15 is 0 Å². The van der Waals surface area contributed by atoms with Crippen LogP contribution in [-0.4, -0.2) is 17.5 Å². The summed E-state index contributed by atoms with van der Waals surface area (Å²) in [5, 5.41) is 3.37. The molecule has 0 fully saturated rings. The van der Waals surface area contributed by atoms with E-state index in [1.807, 2.05) is 55.5 Å². The molecule has 0 spiro atoms. The Kier molecular flexibility index (Phi) is 5.27. The Morgan fingerprint density at radius 2 is 2.00 bits per heavy atom. The van der Waals surface area contributed by atoms with E-state index in [0.29, 0.717) is 10.9 Å². The average Bonchev–Trinajstić information content (AvgIpc) is 2.94. The summed E-state index contributed by atoms with van der Waals surface area (Å²) < 4.78 is 6.38. The molecule has 3 rings (SSSR count). The van der Waals surface area contributed by atoms with Gasteiger partial charge in [0.05, 0.1) is 5.69 Å². The minimum absolute atomic E-state index is 0.0598. The van der Waals surface area contributed by atoms with E-state index in [9.17, 15) is 4.79 Å². The number of carbonyl (C=O) groups excluding carboxylic acids is 1. The highest BCUT2D eigenvalue weighted by atomic mass is 79.9. The number of anilines is 1. The van der Waals surface area contributed by atoms with Crippen LogP contribution in [0.3, 0.4) is 0 Å². The number of amides is 1. The second-order valence-corrected chi connectivity index (χ2v) is 7.20. The van der Waals surface area contributed by atoms with E-state index in [4.69, 9.17) is 4.74 Å². The van der Waals surface area contributed by atoms with Crippen molar-refractivity contribution in [1.82, 2.24) is 4.98 Å². The van der Waals surface area contributed by atoms with E-state index in [1.54, 1.807) is 6.07 Å². The van der Waals surface area contributed by atoms with Gasteiger partial charge in [-0.2, -0.15) is 0 Å². The van der Waals surface area contributed by atoms with Gasteiger partial charge in [-0.3, -0.25) is 10.1 Å². The fourth-order valence-corrected chi connectivity index (χ4v) is 3.40. The Balaban J connectivity index is 1.63. The standard InChI is InChI=1S/C18H15BrN2O2S/c1-12-17(13-6-3-2-4-7-13)21-18(24-12)20-16(22)11-23-15-9-5-8-14(19)10-15/h2-10H,11H2,1H3,(H,20,21,22). The van der Waals surface area contributed by atoms with Gasteiger partial charge in [-0.25, -0.2) is 4.98 Å². The van der Waals surface area contributed by atoms with Crippen molar-refractivity contribution in [1.29, 1.82) is 0 Å². The van der Waals surface area contributed by atoms with Gasteiger partial charge in [0.1, 0.15) is 5.75 Å². The first-order valence-electron chi connectivity index (χ1n) is 7.33. The lowest BCUT2D eigenvalue weighted by atomic mass is 10.1. The molecule has 24 heavy (non-hydrogen) atoms. The van der Waals surface area contributed by atoms with E-state index in [0.717, 1.165) is 20.6 Å². The van der Waals surface area contributed by atoms with Crippen molar-refractivity contribution in [3.8, 4) is 17.0 Å². The summed E-state index contributed by atoms with van der Waals surface area (Å²) in [6, 6.07) is 17.3. The van der Waals surface area contributed by atoms with Crippen LogP contribution in [0.1, 0.15) is 4.88 Å². The molecule has 122 valence electrons. The Morgan fingerprint density at radius 1 is 1.21 bits per heavy atom. The molecule has 0 bridgehead atoms. The van der Waals surface area contributed by atoms with Crippen LogP contribution >= 0.6 is 27.3 Å². The Bertz CT molecular complexity index is 849. The zero-order valence-electron chi connectivity index (χ0n) is 13.0. The molecule has 1 aromatic heterocycles. The number of hydrogen-bond donors (Lipinski definition) is 1. The Hall–Kier alpha value is -2.18. The van der Waals surface area contributed by atoms with E-state index in [1.165, 1.54) is 11.3 Å². The van der Waals surface area contributed by atoms with Gasteiger partial charge < -0.3 is 4.74 Å². The molecule has 0 aliphatic heterocycles. The molecule has 0 radical (unpaired) electrons. The molecule has 3 aromatic rings. The summed E-state index contributed by atoms with van der Waals surface area (Å²) in [6.45, 7) is 1.93. The fourth-order valence-electron chi connectivity index (χ4n) is 2.17. The molecule has 1 N–H and O–H groups in total. The highest BCUT2D eigenvalue weighted by molar-refractivity contribution is 9.10. The molecule has 0 aliphatic carbocycles. The topological polar surface area (TPSA) is 51.2 Å². The van der Waals surface area contributed by atoms with Gasteiger partial charge in [-0.1, -0.05) is 52.3 Å². The van der Waals surface area contributed by atoms with Crippen molar-refractivity contribution in [2.45, 2.75) is 6.92 Å². The predicted octanol–water partition coefficient (Wildman–Crippen LogP) is 4.90. The first-order chi connectivity index (χ1) is 11.6. The highest BCUT2D eigenvalue weighted by Gasteiger charge is 2.12. The number of rotatable bonds is 5. The van der Waals surface area contributed by atoms with Gasteiger partial charge in [0, 0.05) is 14.9 Å². The number of halogens is 1. The largest absolute Gasteiger partial charge is 0.484 e. The summed E-state index contributed by atoms with van der Waals surface area (Å²) in [7, 11) is 0. The lowest BCUT2D eigenvalue weighted by molar-refractivity contribution is -0.118. The summed E-state index contributed by atoms with van der Waals surface area (Å²) in [5.41, 5.74) is 1.93. The van der Waals surface area contributed by atoms with Crippen molar-refractivity contribution >= 4 is 38.3 Å². The summed E-state index contributed by atoms with van der Waals surface area (Å²) in [4.78, 5) is 17.6. The molecule has 6 heteroatoms. The average molecular weight is 403 g/mol. The van der Waals surface area contributed by atoms with Crippen molar-refractivity contribution < 1.29 is 9.53 Å². The zero-order valence-corrected chi connectivity index (χ0v) is 15.4. The number of ether oxygens (including phenoxy) is 1. The maximum atomic E-state index is 12.0. The first kappa shape index (κ1) is 16.7. The SMILES string of the molecule is Cc1sc(NC(=O)COc2cccc(Br)c2)nc1-c1ccccc1. The summed E-state index contributed by atoms with van der Waals surface area (Å²) in [5.74, 6) is 0.406. The molecule has 1 heterocycles. The van der Waals surface area contributed by atoms with Gasteiger partial charge in [0.15, 0.2) is 11.7 Å². The lowest BCUT2D eigenvalue weighted by Crippen LogP contribution is -2.20. The molecule has 4 nitrogen and oxygen atoms in total. The Morgan fingerprint density at radius 3 is 2.75 bits per heavy atom. The van der Waals surface area contributed by atoms with Crippen LogP contribution in [-0.2, 0) is 4.79 Å². The molecule has 1 amide bonds. The first-order valence-corrected chi connectivity index (χ1v) is 8.94. The minimum Gasteiger partial charge on any atom is -0.484 e. The maximum absolute atomic E-state index is 12.0. The van der Waals surface area contributed by atoms with Crippen LogP contribution in [0.25, 0.3) is 11.3 Å². The highest BCUT2D eigenvalue weighted by Crippen LogP contribution is 2.30. The third-order valence-corrected chi connectivity index (χ3v) is 4.64. The van der Waals surface area contributed by atoms with Crippen LogP contribution in [0.15, 0.2) is 59.1 Å². The molecule has 0 atom stereocenters. The third kappa shape index (κ3) is 4.21. The molecule has 0 saturated carbocycles. The fraction of sp³-hybridized carbons (Fsp3) is 0.111. The number of thiazole rings is 1. The number of carbonyl (C=O) groups is 1. The van der Waals surface area contributed by atoms with Gasteiger partial charge in [0.25, 0.3) is 5.91 Å². The van der Waals surface area contributed by atoms with E-state index in [2.05, 4.69) is 26.2 Å². The number of benzene rings is 2. The van der Waals surface area contributed by atoms with E-state index in [-0.39, 0.29) is 12.5 Å². The van der Waals surface area contributed by atoms with E-state index < -0.39 is 0 Å². The maximum Gasteiger partial charge on any atom is 0.264 e. The van der Waals surface area contributed by atoms with Crippen LogP contribution < -0.4 is 10.1 Å². The van der Waals surface area contributed by atoms with Crippen molar-refractivity contribution in [3.63, 3.8) is 0 Å². The lowest BCUT2D eigenvalue weighted by Gasteiger charge is -2.05. The summed E-state index contributed by atoms with van der Waals surface area (Å²) >= 11 is 4.82. The molecule has 0 saturated heterocycles. The predicted molar refractivity (Wildman–Crippen MR) is 101 cm³/mol. The minimum atomic E-state index is -0.233. The van der Waals surface area contributed by atoms with Gasteiger partial charge in [-0.05, 0) is 25.1 Å². The Labute approximate surface area is 152 Å². The van der Waals surface area contributed by atoms with Crippen molar-refractivity contribution in [3.05, 3.63) is 63.9 Å². The van der Waals surface area contributed by atoms with Crippen LogP contribution in [0.4, 0.5) is 5.13 Å². The van der Waals surface area contributed by atoms with Crippen LogP contribution in [0.5, 0.6) is 5.75 Å². The quantitative estimate of drug-likeness (QED) is 0.660. The van der Waals surface area contributed by atoms with Crippen LogP contribution in [0, 0.1) is 6.92 Å². The number of nitrogens with zero attached hydrogens (tertiary/aromatic N) is 1. The van der Waals surface area contributed by atoms with Gasteiger partial charge in [-0.15, -0.1) is 11.3 Å². The monoisotopic (exact) mass is 402 g/mol. The zero-order chi connectivity index (χ0) is 16.9. The number of aryl methyl sites for hydroxylation is 1. The molecular weight excluding hydrogens is 388 g/mol. The normalized spacial score (nSPS) is 10.4. The number of aromatic nitrogens is 1. The third-order valence-electron chi connectivity index (χ3n) is 3.26. The molecule has 0 unspecified atom stereocenters. The molecular formula is C18H15BrN2O2S. The van der Waals surface area contributed by atoms with Gasteiger partial charge in [0.2, 0.25) is 0 Å².